The van der Waals surface area contributed by atoms with E-state index in [1.165, 1.54) is 5.56 Å². The highest BCUT2D eigenvalue weighted by atomic mass is 16.5. The number of hydrogen-bond donors (Lipinski definition) is 2. The van der Waals surface area contributed by atoms with Gasteiger partial charge in [-0.25, -0.2) is 4.98 Å². The lowest BCUT2D eigenvalue weighted by Gasteiger charge is -2.32. The number of aryl methyl sites for hydroxylation is 2. The first-order valence-corrected chi connectivity index (χ1v) is 9.17. The fraction of sp³-hybridized carbons (Fsp3) is 0.333. The molecule has 1 saturated heterocycles. The molecule has 1 aliphatic rings. The molecular formula is C21H23N3O3. The molecule has 0 unspecified atom stereocenters. The zero-order valence-electron chi connectivity index (χ0n) is 15.5. The maximum atomic E-state index is 12.9. The number of carbonyl (C=O) groups is 1. The molecule has 0 bridgehead atoms. The molecule has 0 radical (unpaired) electrons. The van der Waals surface area contributed by atoms with E-state index in [2.05, 4.69) is 21.4 Å². The lowest BCUT2D eigenvalue weighted by molar-refractivity contribution is -0.00454. The third-order valence-corrected chi connectivity index (χ3v) is 4.96. The van der Waals surface area contributed by atoms with Crippen LogP contribution in [0.25, 0.3) is 10.9 Å². The van der Waals surface area contributed by atoms with E-state index in [0.717, 1.165) is 16.5 Å². The van der Waals surface area contributed by atoms with Gasteiger partial charge in [-0.15, -0.1) is 0 Å². The normalized spacial score (nSPS) is 19.8. The van der Waals surface area contributed by atoms with Crippen LogP contribution >= 0.6 is 0 Å². The smallest absolute Gasteiger partial charge is 0.268 e. The van der Waals surface area contributed by atoms with Crippen molar-refractivity contribution in [3.05, 3.63) is 59.4 Å². The minimum atomic E-state index is -0.235. The largest absolute Gasteiger partial charge is 0.472 e. The van der Waals surface area contributed by atoms with Gasteiger partial charge in [0.15, 0.2) is 0 Å². The highest BCUT2D eigenvalue weighted by Crippen LogP contribution is 2.23. The van der Waals surface area contributed by atoms with Crippen molar-refractivity contribution in [2.45, 2.75) is 32.4 Å². The Morgan fingerprint density at radius 2 is 2.19 bits per heavy atom. The van der Waals surface area contributed by atoms with Crippen LogP contribution in [0.3, 0.4) is 0 Å². The minimum Gasteiger partial charge on any atom is -0.472 e. The summed E-state index contributed by atoms with van der Waals surface area (Å²) >= 11 is 0. The molecule has 27 heavy (non-hydrogen) atoms. The molecule has 2 N–H and O–H groups in total. The molecule has 2 aromatic heterocycles. The number of carbonyl (C=O) groups excluding carboxylic acids is 1. The Hall–Kier alpha value is -2.86. The SMILES string of the molecule is Cc1ccc2[nH]c(C(=O)N[C@@H]3COCC[C@H]3Oc3ccccn3)c(C)c2c1. The molecule has 140 valence electrons. The van der Waals surface area contributed by atoms with Crippen molar-refractivity contribution in [1.82, 2.24) is 15.3 Å². The fourth-order valence-corrected chi connectivity index (χ4v) is 3.47. The molecule has 1 fully saturated rings. The van der Waals surface area contributed by atoms with E-state index in [1.54, 1.807) is 6.20 Å². The first-order chi connectivity index (χ1) is 13.1. The molecule has 0 aliphatic carbocycles. The summed E-state index contributed by atoms with van der Waals surface area (Å²) in [4.78, 5) is 20.4. The summed E-state index contributed by atoms with van der Waals surface area (Å²) in [6.07, 6.45) is 2.22. The number of pyridine rings is 1. The lowest BCUT2D eigenvalue weighted by atomic mass is 10.1. The molecular weight excluding hydrogens is 342 g/mol. The van der Waals surface area contributed by atoms with E-state index in [-0.39, 0.29) is 18.1 Å². The van der Waals surface area contributed by atoms with Gasteiger partial charge in [0.1, 0.15) is 11.8 Å². The average molecular weight is 365 g/mol. The monoisotopic (exact) mass is 365 g/mol. The van der Waals surface area contributed by atoms with E-state index in [9.17, 15) is 4.79 Å². The van der Waals surface area contributed by atoms with E-state index in [4.69, 9.17) is 9.47 Å². The topological polar surface area (TPSA) is 76.2 Å². The average Bonchev–Trinajstić information content (AvgIpc) is 3.00. The summed E-state index contributed by atoms with van der Waals surface area (Å²) in [5.41, 5.74) is 3.66. The van der Waals surface area contributed by atoms with Crippen molar-refractivity contribution < 1.29 is 14.3 Å². The predicted molar refractivity (Wildman–Crippen MR) is 103 cm³/mol. The first kappa shape index (κ1) is 17.5. The Labute approximate surface area is 157 Å². The summed E-state index contributed by atoms with van der Waals surface area (Å²) in [6, 6.07) is 11.4. The molecule has 1 aliphatic heterocycles. The van der Waals surface area contributed by atoms with Crippen LogP contribution < -0.4 is 10.1 Å². The number of hydrogen-bond acceptors (Lipinski definition) is 4. The summed E-state index contributed by atoms with van der Waals surface area (Å²) in [5, 5.41) is 4.14. The zero-order chi connectivity index (χ0) is 18.8. The third-order valence-electron chi connectivity index (χ3n) is 4.96. The van der Waals surface area contributed by atoms with Crippen LogP contribution in [0.5, 0.6) is 5.88 Å². The second-order valence-electron chi connectivity index (χ2n) is 6.94. The number of nitrogens with zero attached hydrogens (tertiary/aromatic N) is 1. The highest BCUT2D eigenvalue weighted by molar-refractivity contribution is 6.01. The van der Waals surface area contributed by atoms with Gasteiger partial charge in [0.05, 0.1) is 19.3 Å². The van der Waals surface area contributed by atoms with Crippen molar-refractivity contribution in [3.63, 3.8) is 0 Å². The van der Waals surface area contributed by atoms with Gasteiger partial charge in [0.25, 0.3) is 5.91 Å². The zero-order valence-corrected chi connectivity index (χ0v) is 15.5. The molecule has 0 spiro atoms. The molecule has 1 aromatic carbocycles. The Bertz CT molecular complexity index is 952. The number of ether oxygens (including phenoxy) is 2. The molecule has 1 amide bonds. The molecule has 3 heterocycles. The van der Waals surface area contributed by atoms with Gasteiger partial charge in [0, 0.05) is 29.6 Å². The van der Waals surface area contributed by atoms with Gasteiger partial charge >= 0.3 is 0 Å². The van der Waals surface area contributed by atoms with Crippen molar-refractivity contribution in [1.29, 1.82) is 0 Å². The van der Waals surface area contributed by atoms with Crippen LogP contribution in [0, 0.1) is 13.8 Å². The maximum absolute atomic E-state index is 12.9. The third kappa shape index (κ3) is 3.66. The van der Waals surface area contributed by atoms with Crippen LogP contribution in [0.4, 0.5) is 0 Å². The van der Waals surface area contributed by atoms with Crippen LogP contribution in [0.1, 0.15) is 28.0 Å². The Kier molecular flexibility index (Phi) is 4.81. The van der Waals surface area contributed by atoms with Gasteiger partial charge in [-0.2, -0.15) is 0 Å². The summed E-state index contributed by atoms with van der Waals surface area (Å²) in [7, 11) is 0. The maximum Gasteiger partial charge on any atom is 0.268 e. The number of amides is 1. The lowest BCUT2D eigenvalue weighted by Crippen LogP contribution is -2.52. The van der Waals surface area contributed by atoms with Crippen LogP contribution in [0.2, 0.25) is 0 Å². The van der Waals surface area contributed by atoms with E-state index in [0.29, 0.717) is 31.2 Å². The number of rotatable bonds is 4. The number of fused-ring (bicyclic) bond motifs is 1. The Morgan fingerprint density at radius 3 is 3.00 bits per heavy atom. The number of H-pyrrole nitrogens is 1. The first-order valence-electron chi connectivity index (χ1n) is 9.17. The van der Waals surface area contributed by atoms with Crippen molar-refractivity contribution >= 4 is 16.8 Å². The highest BCUT2D eigenvalue weighted by Gasteiger charge is 2.30. The van der Waals surface area contributed by atoms with Crippen molar-refractivity contribution in [3.8, 4) is 5.88 Å². The minimum absolute atomic E-state index is 0.147. The van der Waals surface area contributed by atoms with Crippen LogP contribution in [-0.4, -0.2) is 41.2 Å². The number of aromatic nitrogens is 2. The van der Waals surface area contributed by atoms with E-state index in [1.807, 2.05) is 44.2 Å². The quantitative estimate of drug-likeness (QED) is 0.745. The fourth-order valence-electron chi connectivity index (χ4n) is 3.47. The summed E-state index contributed by atoms with van der Waals surface area (Å²) in [5.74, 6) is 0.410. The van der Waals surface area contributed by atoms with Gasteiger partial charge in [-0.05, 0) is 37.6 Å². The predicted octanol–water partition coefficient (Wildman–Crippen LogP) is 3.15. The molecule has 6 nitrogen and oxygen atoms in total. The molecule has 4 rings (SSSR count). The van der Waals surface area contributed by atoms with Gasteiger partial charge in [-0.3, -0.25) is 4.79 Å². The second-order valence-corrected chi connectivity index (χ2v) is 6.94. The number of nitrogens with one attached hydrogen (secondary N) is 2. The van der Waals surface area contributed by atoms with Gasteiger partial charge in [0.2, 0.25) is 5.88 Å². The van der Waals surface area contributed by atoms with Crippen LogP contribution in [-0.2, 0) is 4.74 Å². The Morgan fingerprint density at radius 1 is 1.30 bits per heavy atom. The number of benzene rings is 1. The second kappa shape index (κ2) is 7.40. The van der Waals surface area contributed by atoms with Crippen molar-refractivity contribution in [2.75, 3.05) is 13.2 Å². The Balaban J connectivity index is 1.53. The van der Waals surface area contributed by atoms with E-state index >= 15 is 0 Å². The molecule has 0 saturated carbocycles. The van der Waals surface area contributed by atoms with Crippen LogP contribution in [0.15, 0.2) is 42.6 Å². The van der Waals surface area contributed by atoms with E-state index < -0.39 is 0 Å². The standard InChI is InChI=1S/C21H23N3O3/c1-13-6-7-16-15(11-13)14(2)20(23-16)21(25)24-17-12-26-10-8-18(17)27-19-5-3-4-9-22-19/h3-7,9,11,17-18,23H,8,10,12H2,1-2H3,(H,24,25)/t17-,18-/m1/s1. The molecule has 6 heteroatoms. The summed E-state index contributed by atoms with van der Waals surface area (Å²) in [6.45, 7) is 5.03. The molecule has 3 aromatic rings. The van der Waals surface area contributed by atoms with Gasteiger partial charge in [-0.1, -0.05) is 17.7 Å². The van der Waals surface area contributed by atoms with Gasteiger partial charge < -0.3 is 19.8 Å². The number of aromatic amines is 1. The molecule has 2 atom stereocenters. The summed E-state index contributed by atoms with van der Waals surface area (Å²) < 4.78 is 11.6. The van der Waals surface area contributed by atoms with Crippen molar-refractivity contribution in [2.24, 2.45) is 0 Å².